The summed E-state index contributed by atoms with van der Waals surface area (Å²) in [4.78, 5) is 16.3. The van der Waals surface area contributed by atoms with Crippen LogP contribution in [0.3, 0.4) is 0 Å². The van der Waals surface area contributed by atoms with E-state index in [-0.39, 0.29) is 17.9 Å². The minimum atomic E-state index is 0.0472. The summed E-state index contributed by atoms with van der Waals surface area (Å²) in [6, 6.07) is 6.02. The molecule has 0 aliphatic carbocycles. The molecule has 6 heteroatoms. The maximum absolute atomic E-state index is 12.0. The fourth-order valence-corrected chi connectivity index (χ4v) is 4.24. The number of ether oxygens (including phenoxy) is 2. The number of β-amino-alcohol motifs (C(OH)–C–C–N with tert-alkyl or cyclic N) is 1. The molecule has 2 aliphatic rings. The van der Waals surface area contributed by atoms with Gasteiger partial charge in [0.1, 0.15) is 11.5 Å². The molecule has 0 aromatic heterocycles. The Balaban J connectivity index is 1.59. The van der Waals surface area contributed by atoms with E-state index in [0.717, 1.165) is 56.9 Å². The molecule has 1 N–H and O–H groups in total. The van der Waals surface area contributed by atoms with Gasteiger partial charge in [-0.3, -0.25) is 9.69 Å². The molecule has 2 heterocycles. The molecule has 1 aromatic carbocycles. The number of aliphatic hydroxyl groups is 1. The Kier molecular flexibility index (Phi) is 6.04. The quantitative estimate of drug-likeness (QED) is 0.837. The molecule has 1 amide bonds. The van der Waals surface area contributed by atoms with Gasteiger partial charge in [0.2, 0.25) is 5.91 Å². The van der Waals surface area contributed by atoms with Crippen molar-refractivity contribution in [1.29, 1.82) is 0 Å². The minimum Gasteiger partial charge on any atom is -0.497 e. The number of carbonyl (C=O) groups excluding carboxylic acids is 1. The van der Waals surface area contributed by atoms with Gasteiger partial charge in [0, 0.05) is 32.1 Å². The van der Waals surface area contributed by atoms with Crippen LogP contribution in [-0.4, -0.2) is 67.8 Å². The Morgan fingerprint density at radius 3 is 2.31 bits per heavy atom. The minimum absolute atomic E-state index is 0.0472. The van der Waals surface area contributed by atoms with Gasteiger partial charge in [0.15, 0.2) is 0 Å². The number of amides is 1. The maximum Gasteiger partial charge on any atom is 0.222 e. The zero-order valence-electron chi connectivity index (χ0n) is 15.9. The van der Waals surface area contributed by atoms with Crippen molar-refractivity contribution in [3.8, 4) is 11.5 Å². The smallest absolute Gasteiger partial charge is 0.222 e. The van der Waals surface area contributed by atoms with Gasteiger partial charge in [-0.2, -0.15) is 0 Å². The summed E-state index contributed by atoms with van der Waals surface area (Å²) >= 11 is 0. The largest absolute Gasteiger partial charge is 0.497 e. The average Bonchev–Trinajstić information content (AvgIpc) is 2.67. The molecule has 0 atom stereocenters. The van der Waals surface area contributed by atoms with Crippen molar-refractivity contribution < 1.29 is 19.4 Å². The highest BCUT2D eigenvalue weighted by atomic mass is 16.5. The van der Waals surface area contributed by atoms with Gasteiger partial charge in [-0.25, -0.2) is 0 Å². The third-order valence-corrected chi connectivity index (χ3v) is 5.85. The van der Waals surface area contributed by atoms with Crippen LogP contribution in [0.5, 0.6) is 11.5 Å². The highest BCUT2D eigenvalue weighted by Crippen LogP contribution is 2.40. The number of hydrogen-bond acceptors (Lipinski definition) is 5. The van der Waals surface area contributed by atoms with Crippen LogP contribution in [0.1, 0.15) is 31.2 Å². The molecular formula is C20H30N2O4. The predicted molar refractivity (Wildman–Crippen MR) is 99.4 cm³/mol. The predicted octanol–water partition coefficient (Wildman–Crippen LogP) is 1.90. The van der Waals surface area contributed by atoms with Gasteiger partial charge >= 0.3 is 0 Å². The Labute approximate surface area is 155 Å². The normalized spacial score (nSPS) is 20.4. The number of carbonyl (C=O) groups is 1. The molecule has 144 valence electrons. The number of aliphatic hydroxyl groups excluding tert-OH is 1. The van der Waals surface area contributed by atoms with Gasteiger partial charge in [-0.05, 0) is 55.5 Å². The molecule has 2 saturated heterocycles. The van der Waals surface area contributed by atoms with Crippen LogP contribution in [0.4, 0.5) is 0 Å². The molecule has 0 unspecified atom stereocenters. The Morgan fingerprint density at radius 2 is 1.73 bits per heavy atom. The first kappa shape index (κ1) is 19.0. The van der Waals surface area contributed by atoms with Crippen LogP contribution in [0.15, 0.2) is 18.2 Å². The zero-order chi connectivity index (χ0) is 18.6. The van der Waals surface area contributed by atoms with E-state index in [1.165, 1.54) is 5.56 Å². The molecule has 2 fully saturated rings. The van der Waals surface area contributed by atoms with Gasteiger partial charge < -0.3 is 19.5 Å². The lowest BCUT2D eigenvalue weighted by Crippen LogP contribution is -2.51. The lowest BCUT2D eigenvalue weighted by molar-refractivity contribution is -0.139. The Bertz CT molecular complexity index is 604. The average molecular weight is 362 g/mol. The van der Waals surface area contributed by atoms with E-state index in [9.17, 15) is 9.90 Å². The molecule has 0 saturated carbocycles. The maximum atomic E-state index is 12.0. The molecule has 1 spiro atoms. The molecular weight excluding hydrogens is 332 g/mol. The first-order valence-electron chi connectivity index (χ1n) is 9.40. The SMILES string of the molecule is COc1cc(CN2CCC3(CCC(=O)N(CCO)C3)CC2)cc(OC)c1. The van der Waals surface area contributed by atoms with Crippen molar-refractivity contribution in [2.24, 2.45) is 5.41 Å². The monoisotopic (exact) mass is 362 g/mol. The number of piperidine rings is 2. The molecule has 2 aliphatic heterocycles. The summed E-state index contributed by atoms with van der Waals surface area (Å²) < 4.78 is 10.7. The molecule has 3 rings (SSSR count). The van der Waals surface area contributed by atoms with E-state index in [4.69, 9.17) is 9.47 Å². The van der Waals surface area contributed by atoms with E-state index in [1.807, 2.05) is 11.0 Å². The number of benzene rings is 1. The van der Waals surface area contributed by atoms with Crippen molar-refractivity contribution in [2.75, 3.05) is 47.0 Å². The van der Waals surface area contributed by atoms with Crippen LogP contribution < -0.4 is 9.47 Å². The number of nitrogens with zero attached hydrogens (tertiary/aromatic N) is 2. The second-order valence-electron chi connectivity index (χ2n) is 7.54. The molecule has 1 aromatic rings. The van der Waals surface area contributed by atoms with Crippen LogP contribution in [0.25, 0.3) is 0 Å². The van der Waals surface area contributed by atoms with E-state index in [0.29, 0.717) is 13.0 Å². The second-order valence-corrected chi connectivity index (χ2v) is 7.54. The second kappa shape index (κ2) is 8.27. The Hall–Kier alpha value is -1.79. The third-order valence-electron chi connectivity index (χ3n) is 5.85. The van der Waals surface area contributed by atoms with Crippen LogP contribution in [0, 0.1) is 5.41 Å². The first-order chi connectivity index (χ1) is 12.6. The number of likely N-dealkylation sites (tertiary alicyclic amines) is 2. The van der Waals surface area contributed by atoms with Crippen LogP contribution >= 0.6 is 0 Å². The van der Waals surface area contributed by atoms with E-state index in [1.54, 1.807) is 14.2 Å². The molecule has 6 nitrogen and oxygen atoms in total. The van der Waals surface area contributed by atoms with Crippen molar-refractivity contribution in [3.63, 3.8) is 0 Å². The molecule has 0 bridgehead atoms. The molecule has 0 radical (unpaired) electrons. The van der Waals surface area contributed by atoms with Gasteiger partial charge in [0.25, 0.3) is 0 Å². The third kappa shape index (κ3) is 4.30. The summed E-state index contributed by atoms with van der Waals surface area (Å²) in [5, 5.41) is 9.19. The number of methoxy groups -OCH3 is 2. The summed E-state index contributed by atoms with van der Waals surface area (Å²) in [6.07, 6.45) is 3.80. The lowest BCUT2D eigenvalue weighted by atomic mass is 9.72. The summed E-state index contributed by atoms with van der Waals surface area (Å²) in [6.45, 7) is 4.25. The fraction of sp³-hybridized carbons (Fsp3) is 0.650. The van der Waals surface area contributed by atoms with E-state index in [2.05, 4.69) is 17.0 Å². The van der Waals surface area contributed by atoms with Crippen molar-refractivity contribution >= 4 is 5.91 Å². The standard InChI is InChI=1S/C20H30N2O4/c1-25-17-11-16(12-18(13-17)26-2)14-21-7-5-20(6-8-21)4-3-19(24)22(15-20)9-10-23/h11-13,23H,3-10,14-15H2,1-2H3. The highest BCUT2D eigenvalue weighted by Gasteiger charge is 2.40. The van der Waals surface area contributed by atoms with Crippen molar-refractivity contribution in [1.82, 2.24) is 9.80 Å². The first-order valence-corrected chi connectivity index (χ1v) is 9.40. The van der Waals surface area contributed by atoms with Gasteiger partial charge in [-0.15, -0.1) is 0 Å². The fourth-order valence-electron chi connectivity index (χ4n) is 4.24. The summed E-state index contributed by atoms with van der Waals surface area (Å²) in [5.74, 6) is 1.83. The van der Waals surface area contributed by atoms with Crippen LogP contribution in [0.2, 0.25) is 0 Å². The van der Waals surface area contributed by atoms with Crippen LogP contribution in [-0.2, 0) is 11.3 Å². The summed E-state index contributed by atoms with van der Waals surface area (Å²) in [7, 11) is 3.34. The van der Waals surface area contributed by atoms with Crippen molar-refractivity contribution in [2.45, 2.75) is 32.2 Å². The van der Waals surface area contributed by atoms with Gasteiger partial charge in [-0.1, -0.05) is 0 Å². The lowest BCUT2D eigenvalue weighted by Gasteiger charge is -2.47. The van der Waals surface area contributed by atoms with E-state index < -0.39 is 0 Å². The van der Waals surface area contributed by atoms with Gasteiger partial charge in [0.05, 0.1) is 20.8 Å². The number of hydrogen-bond donors (Lipinski definition) is 1. The summed E-state index contributed by atoms with van der Waals surface area (Å²) in [5.41, 5.74) is 1.42. The molecule has 26 heavy (non-hydrogen) atoms. The van der Waals surface area contributed by atoms with Crippen molar-refractivity contribution in [3.05, 3.63) is 23.8 Å². The highest BCUT2D eigenvalue weighted by molar-refractivity contribution is 5.77. The Morgan fingerprint density at radius 1 is 1.08 bits per heavy atom. The van der Waals surface area contributed by atoms with E-state index >= 15 is 0 Å². The number of rotatable bonds is 6. The zero-order valence-corrected chi connectivity index (χ0v) is 15.9. The topological polar surface area (TPSA) is 62.2 Å².